The molecule has 0 N–H and O–H groups in total. The van der Waals surface area contributed by atoms with Crippen LogP contribution in [0.1, 0.15) is 90.0 Å². The molecule has 1 aromatic heterocycles. The van der Waals surface area contributed by atoms with Gasteiger partial charge in [-0.3, -0.25) is 0 Å². The van der Waals surface area contributed by atoms with Crippen molar-refractivity contribution in [3.63, 3.8) is 0 Å². The Labute approximate surface area is 130 Å². The summed E-state index contributed by atoms with van der Waals surface area (Å²) in [4.78, 5) is 8.66. The minimum absolute atomic E-state index is 0.500. The molecule has 0 aliphatic rings. The summed E-state index contributed by atoms with van der Waals surface area (Å²) in [6.45, 7) is 7.10. The molecule has 0 aromatic carbocycles. The van der Waals surface area contributed by atoms with Crippen molar-refractivity contribution in [2.75, 3.05) is 6.61 Å². The molecular weight excluding hydrogens is 260 g/mol. The topological polar surface area (TPSA) is 35.0 Å². The molecule has 1 atom stereocenters. The molecule has 1 unspecified atom stereocenters. The zero-order chi connectivity index (χ0) is 15.3. The molecule has 3 heteroatoms. The van der Waals surface area contributed by atoms with Crippen LogP contribution >= 0.6 is 0 Å². The third-order valence-electron chi connectivity index (χ3n) is 3.96. The summed E-state index contributed by atoms with van der Waals surface area (Å²) >= 11 is 0. The molecule has 1 heterocycles. The van der Waals surface area contributed by atoms with E-state index in [1.54, 1.807) is 0 Å². The van der Waals surface area contributed by atoms with Gasteiger partial charge < -0.3 is 4.74 Å². The lowest BCUT2D eigenvalue weighted by Gasteiger charge is -2.17. The van der Waals surface area contributed by atoms with Crippen molar-refractivity contribution in [3.05, 3.63) is 18.0 Å². The van der Waals surface area contributed by atoms with E-state index in [0.29, 0.717) is 18.5 Å². The predicted octanol–water partition coefficient (Wildman–Crippen LogP) is 5.51. The van der Waals surface area contributed by atoms with Gasteiger partial charge in [-0.1, -0.05) is 58.8 Å². The van der Waals surface area contributed by atoms with Crippen molar-refractivity contribution < 1.29 is 4.74 Å². The van der Waals surface area contributed by atoms with Gasteiger partial charge in [-0.2, -0.15) is 0 Å². The molecular formula is C18H32N2O. The van der Waals surface area contributed by atoms with Gasteiger partial charge >= 0.3 is 6.01 Å². The van der Waals surface area contributed by atoms with Crippen LogP contribution in [-0.4, -0.2) is 16.6 Å². The number of hydrogen-bond donors (Lipinski definition) is 0. The van der Waals surface area contributed by atoms with Crippen LogP contribution in [0.15, 0.2) is 12.4 Å². The molecule has 1 rings (SSSR count). The van der Waals surface area contributed by atoms with Gasteiger partial charge in [0.1, 0.15) is 0 Å². The molecule has 0 amide bonds. The number of ether oxygens (including phenoxy) is 1. The fourth-order valence-electron chi connectivity index (χ4n) is 2.68. The quantitative estimate of drug-likeness (QED) is 0.476. The molecule has 1 aromatic rings. The zero-order valence-corrected chi connectivity index (χ0v) is 14.1. The van der Waals surface area contributed by atoms with E-state index in [1.807, 2.05) is 19.3 Å². The summed E-state index contributed by atoms with van der Waals surface area (Å²) in [7, 11) is 0. The van der Waals surface area contributed by atoms with Crippen LogP contribution in [0.25, 0.3) is 0 Å². The van der Waals surface area contributed by atoms with Crippen LogP contribution in [0.5, 0.6) is 6.01 Å². The number of rotatable bonds is 12. The Hall–Kier alpha value is -1.12. The Bertz CT molecular complexity index is 351. The van der Waals surface area contributed by atoms with Gasteiger partial charge in [-0.25, -0.2) is 9.97 Å². The van der Waals surface area contributed by atoms with Gasteiger partial charge in [-0.15, -0.1) is 0 Å². The lowest BCUT2D eigenvalue weighted by molar-refractivity contribution is 0.311. The molecule has 0 fully saturated rings. The Morgan fingerprint density at radius 1 is 0.857 bits per heavy atom. The fourth-order valence-corrected chi connectivity index (χ4v) is 2.68. The van der Waals surface area contributed by atoms with E-state index in [0.717, 1.165) is 0 Å². The monoisotopic (exact) mass is 292 g/mol. The SMILES string of the molecule is CCCCCCC(CCCCC)c1cnc(OCC)nc1. The second-order valence-corrected chi connectivity index (χ2v) is 5.77. The van der Waals surface area contributed by atoms with Crippen molar-refractivity contribution in [2.24, 2.45) is 0 Å². The van der Waals surface area contributed by atoms with Crippen LogP contribution in [0.3, 0.4) is 0 Å². The average molecular weight is 292 g/mol. The van der Waals surface area contributed by atoms with E-state index in [9.17, 15) is 0 Å². The van der Waals surface area contributed by atoms with Gasteiger partial charge in [0.25, 0.3) is 0 Å². The first-order valence-electron chi connectivity index (χ1n) is 8.76. The highest BCUT2D eigenvalue weighted by molar-refractivity contribution is 5.13. The summed E-state index contributed by atoms with van der Waals surface area (Å²) in [6, 6.07) is 0.500. The van der Waals surface area contributed by atoms with E-state index in [-0.39, 0.29) is 0 Å². The van der Waals surface area contributed by atoms with Crippen molar-refractivity contribution in [2.45, 2.75) is 84.5 Å². The molecule has 0 radical (unpaired) electrons. The summed E-state index contributed by atoms with van der Waals surface area (Å²) < 4.78 is 5.33. The molecule has 0 saturated heterocycles. The Balaban J connectivity index is 2.55. The first-order chi connectivity index (χ1) is 10.3. The number of hydrogen-bond acceptors (Lipinski definition) is 3. The van der Waals surface area contributed by atoms with Crippen molar-refractivity contribution in [1.82, 2.24) is 9.97 Å². The van der Waals surface area contributed by atoms with Gasteiger partial charge in [0, 0.05) is 12.4 Å². The lowest BCUT2D eigenvalue weighted by atomic mass is 9.90. The molecule has 0 saturated carbocycles. The average Bonchev–Trinajstić information content (AvgIpc) is 2.51. The van der Waals surface area contributed by atoms with Crippen molar-refractivity contribution in [1.29, 1.82) is 0 Å². The van der Waals surface area contributed by atoms with E-state index in [2.05, 4.69) is 23.8 Å². The first kappa shape index (κ1) is 17.9. The highest BCUT2D eigenvalue weighted by atomic mass is 16.5. The Morgan fingerprint density at radius 3 is 2.00 bits per heavy atom. The molecule has 3 nitrogen and oxygen atoms in total. The number of unbranched alkanes of at least 4 members (excludes halogenated alkanes) is 5. The van der Waals surface area contributed by atoms with Crippen LogP contribution in [0.4, 0.5) is 0 Å². The van der Waals surface area contributed by atoms with Gasteiger partial charge in [0.2, 0.25) is 0 Å². The third kappa shape index (κ3) is 7.45. The summed E-state index contributed by atoms with van der Waals surface area (Å²) in [5.74, 6) is 0.615. The molecule has 0 aliphatic carbocycles. The third-order valence-corrected chi connectivity index (χ3v) is 3.96. The van der Waals surface area contributed by atoms with Crippen molar-refractivity contribution >= 4 is 0 Å². The summed E-state index contributed by atoms with van der Waals surface area (Å²) in [5.41, 5.74) is 1.28. The highest BCUT2D eigenvalue weighted by Crippen LogP contribution is 2.28. The van der Waals surface area contributed by atoms with Gasteiger partial charge in [0.15, 0.2) is 0 Å². The van der Waals surface area contributed by atoms with E-state index in [1.165, 1.54) is 63.4 Å². The second-order valence-electron chi connectivity index (χ2n) is 5.77. The first-order valence-corrected chi connectivity index (χ1v) is 8.76. The Morgan fingerprint density at radius 2 is 1.43 bits per heavy atom. The van der Waals surface area contributed by atoms with Gasteiger partial charge in [0.05, 0.1) is 6.61 Å². The van der Waals surface area contributed by atoms with Crippen LogP contribution in [0.2, 0.25) is 0 Å². The minimum atomic E-state index is 0.500. The fraction of sp³-hybridized carbons (Fsp3) is 0.778. The maximum atomic E-state index is 5.33. The lowest BCUT2D eigenvalue weighted by Crippen LogP contribution is -2.03. The van der Waals surface area contributed by atoms with E-state index in [4.69, 9.17) is 4.74 Å². The maximum Gasteiger partial charge on any atom is 0.316 e. The van der Waals surface area contributed by atoms with Crippen LogP contribution in [0, 0.1) is 0 Å². The molecule has 120 valence electrons. The molecule has 0 bridgehead atoms. The van der Waals surface area contributed by atoms with Crippen LogP contribution < -0.4 is 4.74 Å². The van der Waals surface area contributed by atoms with E-state index >= 15 is 0 Å². The second kappa shape index (κ2) is 11.5. The molecule has 21 heavy (non-hydrogen) atoms. The highest BCUT2D eigenvalue weighted by Gasteiger charge is 2.12. The molecule has 0 aliphatic heterocycles. The summed E-state index contributed by atoms with van der Waals surface area (Å²) in [6.07, 6.45) is 15.7. The number of nitrogens with zero attached hydrogens (tertiary/aromatic N) is 2. The smallest absolute Gasteiger partial charge is 0.316 e. The zero-order valence-electron chi connectivity index (χ0n) is 14.1. The number of aromatic nitrogens is 2. The standard InChI is InChI=1S/C18H32N2O/c1-4-7-9-11-13-16(12-10-8-5-2)17-14-19-18(20-15-17)21-6-3/h14-16H,4-13H2,1-3H3. The van der Waals surface area contributed by atoms with Crippen LogP contribution in [-0.2, 0) is 0 Å². The predicted molar refractivity (Wildman–Crippen MR) is 88.8 cm³/mol. The largest absolute Gasteiger partial charge is 0.464 e. The Kier molecular flexibility index (Phi) is 9.84. The normalized spacial score (nSPS) is 12.3. The molecule has 0 spiro atoms. The minimum Gasteiger partial charge on any atom is -0.464 e. The maximum absolute atomic E-state index is 5.33. The van der Waals surface area contributed by atoms with Gasteiger partial charge in [-0.05, 0) is 31.2 Å². The van der Waals surface area contributed by atoms with E-state index < -0.39 is 0 Å². The summed E-state index contributed by atoms with van der Waals surface area (Å²) in [5, 5.41) is 0. The van der Waals surface area contributed by atoms with Crippen molar-refractivity contribution in [3.8, 4) is 6.01 Å².